The first kappa shape index (κ1) is 16.0. The number of benzene rings is 1. The lowest BCUT2D eigenvalue weighted by molar-refractivity contribution is 0.256. The highest BCUT2D eigenvalue weighted by Gasteiger charge is 2.16. The van der Waals surface area contributed by atoms with E-state index in [0.29, 0.717) is 0 Å². The smallest absolute Gasteiger partial charge is 0.123 e. The van der Waals surface area contributed by atoms with Crippen molar-refractivity contribution in [1.29, 1.82) is 0 Å². The number of hydrogen-bond donors (Lipinski definition) is 1. The molecule has 124 valence electrons. The third kappa shape index (κ3) is 4.56. The van der Waals surface area contributed by atoms with Crippen LogP contribution in [-0.4, -0.2) is 44.2 Å². The molecule has 2 heterocycles. The monoisotopic (exact) mass is 317 g/mol. The van der Waals surface area contributed by atoms with Gasteiger partial charge in [-0.15, -0.1) is 0 Å². The standard InChI is InChI=1S/C18H24FN3O/c1-15-2-7-18(23-15)14-20-8-9-21-10-12-22(13-11-21)17-5-3-16(19)4-6-17/h2-7,20H,8-14H2,1H3. The zero-order valence-corrected chi connectivity index (χ0v) is 13.6. The Labute approximate surface area is 136 Å². The van der Waals surface area contributed by atoms with Gasteiger partial charge in [0, 0.05) is 45.0 Å². The third-order valence-corrected chi connectivity index (χ3v) is 4.26. The summed E-state index contributed by atoms with van der Waals surface area (Å²) in [6.07, 6.45) is 0. The Balaban J connectivity index is 1.35. The van der Waals surface area contributed by atoms with Gasteiger partial charge < -0.3 is 14.6 Å². The van der Waals surface area contributed by atoms with Gasteiger partial charge >= 0.3 is 0 Å². The van der Waals surface area contributed by atoms with Crippen molar-refractivity contribution in [1.82, 2.24) is 10.2 Å². The number of halogens is 1. The van der Waals surface area contributed by atoms with Crippen molar-refractivity contribution in [2.75, 3.05) is 44.2 Å². The van der Waals surface area contributed by atoms with Gasteiger partial charge in [0.25, 0.3) is 0 Å². The van der Waals surface area contributed by atoms with E-state index >= 15 is 0 Å². The quantitative estimate of drug-likeness (QED) is 0.830. The fourth-order valence-corrected chi connectivity index (χ4v) is 2.91. The van der Waals surface area contributed by atoms with Crippen LogP contribution in [0.5, 0.6) is 0 Å². The van der Waals surface area contributed by atoms with Crippen molar-refractivity contribution in [3.8, 4) is 0 Å². The summed E-state index contributed by atoms with van der Waals surface area (Å²) in [5.41, 5.74) is 1.11. The Morgan fingerprint density at radius 1 is 1.04 bits per heavy atom. The molecule has 1 aliphatic heterocycles. The maximum atomic E-state index is 13.0. The number of nitrogens with one attached hydrogen (secondary N) is 1. The van der Waals surface area contributed by atoms with Gasteiger partial charge in [0.1, 0.15) is 17.3 Å². The summed E-state index contributed by atoms with van der Waals surface area (Å²) in [5, 5.41) is 3.42. The van der Waals surface area contributed by atoms with Crippen LogP contribution in [0.4, 0.5) is 10.1 Å². The second kappa shape index (κ2) is 7.62. The van der Waals surface area contributed by atoms with Crippen molar-refractivity contribution in [3.63, 3.8) is 0 Å². The Bertz CT molecular complexity index is 603. The normalized spacial score (nSPS) is 16.0. The highest BCUT2D eigenvalue weighted by atomic mass is 19.1. The molecule has 5 heteroatoms. The van der Waals surface area contributed by atoms with Gasteiger partial charge in [0.15, 0.2) is 0 Å². The van der Waals surface area contributed by atoms with Crippen molar-refractivity contribution in [2.45, 2.75) is 13.5 Å². The summed E-state index contributed by atoms with van der Waals surface area (Å²) >= 11 is 0. The van der Waals surface area contributed by atoms with Crippen molar-refractivity contribution < 1.29 is 8.81 Å². The van der Waals surface area contributed by atoms with Crippen LogP contribution >= 0.6 is 0 Å². The van der Waals surface area contributed by atoms with Crippen LogP contribution in [0, 0.1) is 12.7 Å². The number of rotatable bonds is 6. The molecule has 2 aromatic rings. The Morgan fingerprint density at radius 3 is 2.43 bits per heavy atom. The van der Waals surface area contributed by atoms with Crippen molar-refractivity contribution in [2.24, 2.45) is 0 Å². The number of aryl methyl sites for hydroxylation is 1. The lowest BCUT2D eigenvalue weighted by Gasteiger charge is -2.36. The highest BCUT2D eigenvalue weighted by Crippen LogP contribution is 2.16. The molecular formula is C18H24FN3O. The predicted molar refractivity (Wildman–Crippen MR) is 90.2 cm³/mol. The number of piperazine rings is 1. The maximum Gasteiger partial charge on any atom is 0.123 e. The second-order valence-corrected chi connectivity index (χ2v) is 5.99. The van der Waals surface area contributed by atoms with E-state index in [-0.39, 0.29) is 5.82 Å². The minimum absolute atomic E-state index is 0.176. The number of furan rings is 1. The topological polar surface area (TPSA) is 31.6 Å². The molecule has 4 nitrogen and oxygen atoms in total. The van der Waals surface area contributed by atoms with E-state index in [2.05, 4.69) is 15.1 Å². The molecule has 1 aliphatic rings. The number of hydrogen-bond acceptors (Lipinski definition) is 4. The minimum Gasteiger partial charge on any atom is -0.465 e. The first-order valence-corrected chi connectivity index (χ1v) is 8.19. The third-order valence-electron chi connectivity index (χ3n) is 4.26. The van der Waals surface area contributed by atoms with Crippen LogP contribution < -0.4 is 10.2 Å². The number of nitrogens with zero attached hydrogens (tertiary/aromatic N) is 2. The van der Waals surface area contributed by atoms with Crippen LogP contribution in [0.25, 0.3) is 0 Å². The minimum atomic E-state index is -0.176. The molecule has 3 rings (SSSR count). The van der Waals surface area contributed by atoms with Gasteiger partial charge in [0.05, 0.1) is 6.54 Å². The molecule has 0 radical (unpaired) electrons. The number of anilines is 1. The van der Waals surface area contributed by atoms with E-state index in [0.717, 1.165) is 63.0 Å². The SMILES string of the molecule is Cc1ccc(CNCCN2CCN(c3ccc(F)cc3)CC2)o1. The zero-order chi connectivity index (χ0) is 16.1. The second-order valence-electron chi connectivity index (χ2n) is 5.99. The predicted octanol–water partition coefficient (Wildman–Crippen LogP) is 2.64. The largest absolute Gasteiger partial charge is 0.465 e. The molecule has 0 bridgehead atoms. The average molecular weight is 317 g/mol. The van der Waals surface area contributed by atoms with Crippen LogP contribution in [-0.2, 0) is 6.54 Å². The Hall–Kier alpha value is -1.85. The van der Waals surface area contributed by atoms with Crippen molar-refractivity contribution >= 4 is 5.69 Å². The molecule has 0 aliphatic carbocycles. The molecule has 23 heavy (non-hydrogen) atoms. The summed E-state index contributed by atoms with van der Waals surface area (Å²) in [6.45, 7) is 8.80. The molecule has 0 saturated carbocycles. The van der Waals surface area contributed by atoms with Crippen molar-refractivity contribution in [3.05, 3.63) is 53.7 Å². The molecule has 0 atom stereocenters. The molecule has 1 fully saturated rings. The highest BCUT2D eigenvalue weighted by molar-refractivity contribution is 5.46. The molecule has 0 spiro atoms. The van der Waals surface area contributed by atoms with E-state index in [1.807, 2.05) is 31.2 Å². The summed E-state index contributed by atoms with van der Waals surface area (Å²) in [6, 6.07) is 10.8. The molecule has 0 unspecified atom stereocenters. The lowest BCUT2D eigenvalue weighted by atomic mass is 10.2. The lowest BCUT2D eigenvalue weighted by Crippen LogP contribution is -2.48. The summed E-state index contributed by atoms with van der Waals surface area (Å²) in [5.74, 6) is 1.77. The van der Waals surface area contributed by atoms with E-state index < -0.39 is 0 Å². The first-order valence-electron chi connectivity index (χ1n) is 8.19. The van der Waals surface area contributed by atoms with Crippen LogP contribution in [0.3, 0.4) is 0 Å². The van der Waals surface area contributed by atoms with Gasteiger partial charge in [-0.1, -0.05) is 0 Å². The first-order chi connectivity index (χ1) is 11.2. The van der Waals surface area contributed by atoms with Gasteiger partial charge in [0.2, 0.25) is 0 Å². The molecule has 1 N–H and O–H groups in total. The molecule has 1 aromatic carbocycles. The van der Waals surface area contributed by atoms with Crippen LogP contribution in [0.15, 0.2) is 40.8 Å². The van der Waals surface area contributed by atoms with E-state index in [1.54, 1.807) is 0 Å². The molecule has 1 saturated heterocycles. The van der Waals surface area contributed by atoms with Crippen LogP contribution in [0.2, 0.25) is 0 Å². The van der Waals surface area contributed by atoms with Gasteiger partial charge in [-0.05, 0) is 43.3 Å². The van der Waals surface area contributed by atoms with Gasteiger partial charge in [-0.25, -0.2) is 4.39 Å². The Kier molecular flexibility index (Phi) is 5.31. The zero-order valence-electron chi connectivity index (χ0n) is 13.6. The van der Waals surface area contributed by atoms with E-state index in [9.17, 15) is 4.39 Å². The summed E-state index contributed by atoms with van der Waals surface area (Å²) in [4.78, 5) is 4.77. The average Bonchev–Trinajstić information content (AvgIpc) is 2.98. The molecule has 0 amide bonds. The van der Waals surface area contributed by atoms with E-state index in [4.69, 9.17) is 4.42 Å². The summed E-state index contributed by atoms with van der Waals surface area (Å²) < 4.78 is 18.5. The van der Waals surface area contributed by atoms with Gasteiger partial charge in [-0.2, -0.15) is 0 Å². The Morgan fingerprint density at radius 2 is 1.78 bits per heavy atom. The molecular weight excluding hydrogens is 293 g/mol. The maximum absolute atomic E-state index is 13.0. The summed E-state index contributed by atoms with van der Waals surface area (Å²) in [7, 11) is 0. The van der Waals surface area contributed by atoms with Crippen LogP contribution in [0.1, 0.15) is 11.5 Å². The fourth-order valence-electron chi connectivity index (χ4n) is 2.91. The van der Waals surface area contributed by atoms with Gasteiger partial charge in [-0.3, -0.25) is 4.90 Å². The fraction of sp³-hybridized carbons (Fsp3) is 0.444. The van der Waals surface area contributed by atoms with E-state index in [1.165, 1.54) is 12.1 Å². The molecule has 1 aromatic heterocycles.